The molecule has 2 aromatic carbocycles. The predicted molar refractivity (Wildman–Crippen MR) is 115 cm³/mol. The first-order valence-electron chi connectivity index (χ1n) is 9.38. The Morgan fingerprint density at radius 2 is 1.87 bits per heavy atom. The lowest BCUT2D eigenvalue weighted by Gasteiger charge is -2.23. The van der Waals surface area contributed by atoms with Gasteiger partial charge in [-0.05, 0) is 43.2 Å². The van der Waals surface area contributed by atoms with Crippen LogP contribution in [0.3, 0.4) is 0 Å². The first-order chi connectivity index (χ1) is 14.2. The average Bonchev–Trinajstić information content (AvgIpc) is 3.15. The fourth-order valence-corrected chi connectivity index (χ4v) is 4.28. The first-order valence-corrected chi connectivity index (χ1v) is 10.1. The van der Waals surface area contributed by atoms with Crippen LogP contribution in [-0.2, 0) is 16.9 Å². The van der Waals surface area contributed by atoms with Crippen molar-refractivity contribution >= 4 is 40.6 Å². The molecular formula is C23H19Cl2NO4. The molecule has 1 aromatic heterocycles. The number of rotatable bonds is 5. The number of hydrogen-bond donors (Lipinski definition) is 1. The SMILES string of the molecule is Cc1coc(C)c1C(=O)CC1(O)C(=O)N(Cc2ccc(Cl)c(Cl)c2)c2ccccc21. The van der Waals surface area contributed by atoms with E-state index in [2.05, 4.69) is 0 Å². The molecule has 1 aliphatic heterocycles. The molecule has 5 nitrogen and oxygen atoms in total. The highest BCUT2D eigenvalue weighted by Crippen LogP contribution is 2.44. The Morgan fingerprint density at radius 1 is 1.13 bits per heavy atom. The van der Waals surface area contributed by atoms with Crippen molar-refractivity contribution in [3.05, 3.63) is 86.8 Å². The van der Waals surface area contributed by atoms with Gasteiger partial charge in [-0.25, -0.2) is 0 Å². The van der Waals surface area contributed by atoms with Crippen molar-refractivity contribution in [1.82, 2.24) is 0 Å². The number of aliphatic hydroxyl groups is 1. The Kier molecular flexibility index (Phi) is 5.22. The van der Waals surface area contributed by atoms with Crippen molar-refractivity contribution in [1.29, 1.82) is 0 Å². The molecule has 0 saturated carbocycles. The van der Waals surface area contributed by atoms with Gasteiger partial charge in [-0.2, -0.15) is 0 Å². The van der Waals surface area contributed by atoms with Gasteiger partial charge in [0, 0.05) is 5.56 Å². The third-order valence-corrected chi connectivity index (χ3v) is 6.16. The summed E-state index contributed by atoms with van der Waals surface area (Å²) in [6, 6.07) is 12.0. The molecule has 3 aromatic rings. The van der Waals surface area contributed by atoms with E-state index in [4.69, 9.17) is 27.6 Å². The highest BCUT2D eigenvalue weighted by Gasteiger charge is 2.51. The molecule has 1 N–H and O–H groups in total. The summed E-state index contributed by atoms with van der Waals surface area (Å²) < 4.78 is 5.31. The molecule has 4 rings (SSSR count). The fraction of sp³-hybridized carbons (Fsp3) is 0.217. The molecule has 1 unspecified atom stereocenters. The number of benzene rings is 2. The number of para-hydroxylation sites is 1. The molecule has 0 aliphatic carbocycles. The van der Waals surface area contributed by atoms with Gasteiger partial charge in [0.1, 0.15) is 5.76 Å². The largest absolute Gasteiger partial charge is 0.469 e. The molecule has 1 aliphatic rings. The third-order valence-electron chi connectivity index (χ3n) is 5.42. The van der Waals surface area contributed by atoms with E-state index in [1.54, 1.807) is 56.3 Å². The van der Waals surface area contributed by atoms with Crippen molar-refractivity contribution in [2.24, 2.45) is 0 Å². The van der Waals surface area contributed by atoms with Gasteiger partial charge < -0.3 is 14.4 Å². The van der Waals surface area contributed by atoms with E-state index in [0.29, 0.717) is 38.2 Å². The van der Waals surface area contributed by atoms with Gasteiger partial charge in [0.25, 0.3) is 5.91 Å². The van der Waals surface area contributed by atoms with Crippen molar-refractivity contribution in [3.8, 4) is 0 Å². The number of fused-ring (bicyclic) bond motifs is 1. The number of amides is 1. The quantitative estimate of drug-likeness (QED) is 0.549. The summed E-state index contributed by atoms with van der Waals surface area (Å²) in [5.41, 5.74) is 0.834. The van der Waals surface area contributed by atoms with Gasteiger partial charge in [0.05, 0.1) is 40.5 Å². The van der Waals surface area contributed by atoms with Crippen molar-refractivity contribution in [2.75, 3.05) is 4.90 Å². The number of hydrogen-bond acceptors (Lipinski definition) is 4. The smallest absolute Gasteiger partial charge is 0.264 e. The number of halogens is 2. The minimum absolute atomic E-state index is 0.188. The van der Waals surface area contributed by atoms with E-state index in [-0.39, 0.29) is 18.7 Å². The van der Waals surface area contributed by atoms with Crippen LogP contribution in [-0.4, -0.2) is 16.8 Å². The minimum atomic E-state index is -1.96. The molecule has 1 amide bonds. The second kappa shape index (κ2) is 7.58. The number of anilines is 1. The first kappa shape index (κ1) is 20.7. The Morgan fingerprint density at radius 3 is 2.53 bits per heavy atom. The summed E-state index contributed by atoms with van der Waals surface area (Å²) in [7, 11) is 0. The Balaban J connectivity index is 1.70. The lowest BCUT2D eigenvalue weighted by Crippen LogP contribution is -2.41. The van der Waals surface area contributed by atoms with Crippen LogP contribution in [0.2, 0.25) is 10.0 Å². The van der Waals surface area contributed by atoms with Crippen LogP contribution in [0, 0.1) is 13.8 Å². The van der Waals surface area contributed by atoms with Gasteiger partial charge in [-0.15, -0.1) is 0 Å². The second-order valence-electron chi connectivity index (χ2n) is 7.47. The molecule has 0 radical (unpaired) electrons. The number of ketones is 1. The zero-order valence-corrected chi connectivity index (χ0v) is 17.9. The number of nitrogens with zero attached hydrogens (tertiary/aromatic N) is 1. The van der Waals surface area contributed by atoms with E-state index < -0.39 is 11.5 Å². The van der Waals surface area contributed by atoms with Crippen molar-refractivity contribution < 1.29 is 19.1 Å². The maximum absolute atomic E-state index is 13.4. The topological polar surface area (TPSA) is 70.7 Å². The Bertz CT molecular complexity index is 1150. The van der Waals surface area contributed by atoms with Crippen LogP contribution in [0.1, 0.15) is 39.2 Å². The number of aryl methyl sites for hydroxylation is 2. The molecule has 0 spiro atoms. The molecule has 0 saturated heterocycles. The lowest BCUT2D eigenvalue weighted by molar-refractivity contribution is -0.136. The van der Waals surface area contributed by atoms with Crippen LogP contribution >= 0.6 is 23.2 Å². The summed E-state index contributed by atoms with van der Waals surface area (Å²) >= 11 is 12.1. The van der Waals surface area contributed by atoms with Gasteiger partial charge in [-0.3, -0.25) is 9.59 Å². The number of carbonyl (C=O) groups excluding carboxylic acids is 2. The maximum Gasteiger partial charge on any atom is 0.264 e. The number of Topliss-reactive ketones (excluding diaryl/α,β-unsaturated/α-hetero) is 1. The van der Waals surface area contributed by atoms with E-state index in [0.717, 1.165) is 5.56 Å². The van der Waals surface area contributed by atoms with Crippen LogP contribution < -0.4 is 4.90 Å². The van der Waals surface area contributed by atoms with Crippen LogP contribution in [0.15, 0.2) is 53.1 Å². The molecule has 2 heterocycles. The highest BCUT2D eigenvalue weighted by atomic mass is 35.5. The number of carbonyl (C=O) groups is 2. The van der Waals surface area contributed by atoms with Gasteiger partial charge in [-0.1, -0.05) is 47.5 Å². The van der Waals surface area contributed by atoms with E-state index in [1.165, 1.54) is 11.2 Å². The molecule has 0 bridgehead atoms. The van der Waals surface area contributed by atoms with Gasteiger partial charge >= 0.3 is 0 Å². The molecule has 30 heavy (non-hydrogen) atoms. The zero-order valence-electron chi connectivity index (χ0n) is 16.4. The highest BCUT2D eigenvalue weighted by molar-refractivity contribution is 6.42. The Labute approximate surface area is 183 Å². The summed E-state index contributed by atoms with van der Waals surface area (Å²) in [6.45, 7) is 3.63. The fourth-order valence-electron chi connectivity index (χ4n) is 3.96. The summed E-state index contributed by atoms with van der Waals surface area (Å²) in [5.74, 6) is -0.435. The van der Waals surface area contributed by atoms with Gasteiger partial charge in [0.2, 0.25) is 0 Å². The summed E-state index contributed by atoms with van der Waals surface area (Å²) in [5, 5.41) is 12.2. The molecule has 154 valence electrons. The Hall–Kier alpha value is -2.60. The lowest BCUT2D eigenvalue weighted by atomic mass is 9.87. The zero-order chi connectivity index (χ0) is 21.6. The summed E-state index contributed by atoms with van der Waals surface area (Å²) in [4.78, 5) is 27.8. The molecule has 7 heteroatoms. The molecule has 0 fully saturated rings. The van der Waals surface area contributed by atoms with Crippen molar-refractivity contribution in [3.63, 3.8) is 0 Å². The predicted octanol–water partition coefficient (Wildman–Crippen LogP) is 5.21. The van der Waals surface area contributed by atoms with E-state index in [9.17, 15) is 14.7 Å². The van der Waals surface area contributed by atoms with Crippen molar-refractivity contribution in [2.45, 2.75) is 32.4 Å². The molecular weight excluding hydrogens is 425 g/mol. The van der Waals surface area contributed by atoms with E-state index >= 15 is 0 Å². The van der Waals surface area contributed by atoms with E-state index in [1.807, 2.05) is 0 Å². The number of furan rings is 1. The standard InChI is InChI=1S/C23H19Cl2NO4/c1-13-12-30-14(2)21(13)20(27)10-23(29)16-5-3-4-6-19(16)26(22(23)28)11-15-7-8-17(24)18(25)9-15/h3-9,12,29H,10-11H2,1-2H3. The normalized spacial score (nSPS) is 18.0. The van der Waals surface area contributed by atoms with Gasteiger partial charge in [0.15, 0.2) is 11.4 Å². The minimum Gasteiger partial charge on any atom is -0.469 e. The van der Waals surface area contributed by atoms with Crippen LogP contribution in [0.25, 0.3) is 0 Å². The second-order valence-corrected chi connectivity index (χ2v) is 8.28. The summed E-state index contributed by atoms with van der Waals surface area (Å²) in [6.07, 6.45) is 1.12. The maximum atomic E-state index is 13.4. The van der Waals surface area contributed by atoms with Crippen LogP contribution in [0.4, 0.5) is 5.69 Å². The molecule has 1 atom stereocenters. The monoisotopic (exact) mass is 443 g/mol. The third kappa shape index (κ3) is 3.33. The van der Waals surface area contributed by atoms with Crippen LogP contribution in [0.5, 0.6) is 0 Å². The average molecular weight is 444 g/mol.